The van der Waals surface area contributed by atoms with Crippen molar-refractivity contribution in [3.63, 3.8) is 0 Å². The van der Waals surface area contributed by atoms with Crippen molar-refractivity contribution in [1.82, 2.24) is 0 Å². The zero-order valence-electron chi connectivity index (χ0n) is 10.8. The first kappa shape index (κ1) is 14.6. The molecule has 1 N–H and O–H groups in total. The number of benzene rings is 2. The molecule has 0 fully saturated rings. The molecule has 102 valence electrons. The number of halogens is 2. The number of hydrogen-bond acceptors (Lipinski definition) is 3. The van der Waals surface area contributed by atoms with E-state index in [0.29, 0.717) is 17.9 Å². The number of rotatable bonds is 4. The number of nitriles is 1. The third-order valence-electron chi connectivity index (χ3n) is 2.80. The standard InChI is InChI=1S/C15H12FIN2O/c1-20-15-6-10(2-3-11(15)8-18)9-19-14-5-4-12(16)7-13(14)17/h2-7,19H,9H2,1H3. The molecule has 0 aliphatic rings. The van der Waals surface area contributed by atoms with Gasteiger partial charge >= 0.3 is 0 Å². The monoisotopic (exact) mass is 382 g/mol. The molecule has 0 aromatic heterocycles. The maximum absolute atomic E-state index is 13.0. The van der Waals surface area contributed by atoms with Crippen molar-refractivity contribution < 1.29 is 9.13 Å². The van der Waals surface area contributed by atoms with Crippen LogP contribution in [0.4, 0.5) is 10.1 Å². The predicted octanol–water partition coefficient (Wildman–Crippen LogP) is 3.92. The minimum Gasteiger partial charge on any atom is -0.495 e. The van der Waals surface area contributed by atoms with Crippen LogP contribution >= 0.6 is 22.6 Å². The lowest BCUT2D eigenvalue weighted by Crippen LogP contribution is -2.02. The van der Waals surface area contributed by atoms with Crippen molar-refractivity contribution >= 4 is 28.3 Å². The minimum atomic E-state index is -0.250. The van der Waals surface area contributed by atoms with E-state index in [2.05, 4.69) is 34.0 Å². The van der Waals surface area contributed by atoms with Crippen LogP contribution in [0.2, 0.25) is 0 Å². The summed E-state index contributed by atoms with van der Waals surface area (Å²) >= 11 is 2.08. The maximum atomic E-state index is 13.0. The second kappa shape index (κ2) is 6.57. The quantitative estimate of drug-likeness (QED) is 0.816. The van der Waals surface area contributed by atoms with Crippen molar-refractivity contribution in [2.75, 3.05) is 12.4 Å². The minimum absolute atomic E-state index is 0.250. The molecule has 20 heavy (non-hydrogen) atoms. The van der Waals surface area contributed by atoms with Gasteiger partial charge in [-0.3, -0.25) is 0 Å². The SMILES string of the molecule is COc1cc(CNc2ccc(F)cc2I)ccc1C#N. The van der Waals surface area contributed by atoms with Crippen LogP contribution in [-0.4, -0.2) is 7.11 Å². The average Bonchev–Trinajstić information content (AvgIpc) is 2.46. The van der Waals surface area contributed by atoms with Gasteiger partial charge in [0.2, 0.25) is 0 Å². The summed E-state index contributed by atoms with van der Waals surface area (Å²) < 4.78 is 19.0. The van der Waals surface area contributed by atoms with Crippen LogP contribution in [-0.2, 0) is 6.54 Å². The van der Waals surface area contributed by atoms with Gasteiger partial charge in [0.05, 0.1) is 12.7 Å². The summed E-state index contributed by atoms with van der Waals surface area (Å²) in [6.45, 7) is 0.573. The summed E-state index contributed by atoms with van der Waals surface area (Å²) in [6.07, 6.45) is 0. The molecule has 2 aromatic carbocycles. The lowest BCUT2D eigenvalue weighted by atomic mass is 10.1. The van der Waals surface area contributed by atoms with E-state index in [1.807, 2.05) is 12.1 Å². The van der Waals surface area contributed by atoms with Crippen LogP contribution in [0, 0.1) is 20.7 Å². The lowest BCUT2D eigenvalue weighted by Gasteiger charge is -2.10. The van der Waals surface area contributed by atoms with E-state index in [4.69, 9.17) is 10.00 Å². The smallest absolute Gasteiger partial charge is 0.136 e. The molecule has 5 heteroatoms. The number of anilines is 1. The number of nitrogens with one attached hydrogen (secondary N) is 1. The predicted molar refractivity (Wildman–Crippen MR) is 84.2 cm³/mol. The molecule has 2 aromatic rings. The van der Waals surface area contributed by atoms with E-state index in [1.54, 1.807) is 12.1 Å². The third-order valence-corrected chi connectivity index (χ3v) is 3.69. The van der Waals surface area contributed by atoms with Crippen LogP contribution in [0.3, 0.4) is 0 Å². The van der Waals surface area contributed by atoms with Gasteiger partial charge in [0.1, 0.15) is 17.6 Å². The molecule has 0 amide bonds. The Balaban J connectivity index is 2.13. The number of nitrogens with zero attached hydrogens (tertiary/aromatic N) is 1. The van der Waals surface area contributed by atoms with Gasteiger partial charge in [-0.1, -0.05) is 6.07 Å². The average molecular weight is 382 g/mol. The fourth-order valence-electron chi connectivity index (χ4n) is 1.77. The van der Waals surface area contributed by atoms with Gasteiger partial charge in [-0.2, -0.15) is 5.26 Å². The highest BCUT2D eigenvalue weighted by atomic mass is 127. The van der Waals surface area contributed by atoms with Crippen LogP contribution in [0.15, 0.2) is 36.4 Å². The van der Waals surface area contributed by atoms with Crippen molar-refractivity contribution in [3.8, 4) is 11.8 Å². The Morgan fingerprint density at radius 1 is 1.30 bits per heavy atom. The molecule has 0 saturated heterocycles. The van der Waals surface area contributed by atoms with Gasteiger partial charge in [0, 0.05) is 15.8 Å². The van der Waals surface area contributed by atoms with E-state index < -0.39 is 0 Å². The molecular formula is C15H12FIN2O. The Hall–Kier alpha value is -1.81. The van der Waals surface area contributed by atoms with Gasteiger partial charge in [-0.25, -0.2) is 4.39 Å². The summed E-state index contributed by atoms with van der Waals surface area (Å²) in [5.74, 6) is 0.306. The Bertz CT molecular complexity index is 667. The first-order valence-corrected chi connectivity index (χ1v) is 6.98. The highest BCUT2D eigenvalue weighted by Gasteiger charge is 2.05. The van der Waals surface area contributed by atoms with Crippen molar-refractivity contribution in [2.45, 2.75) is 6.54 Å². The van der Waals surface area contributed by atoms with Gasteiger partial charge in [-0.05, 0) is 58.5 Å². The van der Waals surface area contributed by atoms with Gasteiger partial charge in [-0.15, -0.1) is 0 Å². The van der Waals surface area contributed by atoms with E-state index >= 15 is 0 Å². The fraction of sp³-hybridized carbons (Fsp3) is 0.133. The molecule has 2 rings (SSSR count). The zero-order chi connectivity index (χ0) is 14.5. The molecule has 0 bridgehead atoms. The number of hydrogen-bond donors (Lipinski definition) is 1. The Morgan fingerprint density at radius 3 is 2.75 bits per heavy atom. The van der Waals surface area contributed by atoms with Crippen molar-refractivity contribution in [2.24, 2.45) is 0 Å². The van der Waals surface area contributed by atoms with E-state index in [9.17, 15) is 4.39 Å². The Labute approximate surface area is 130 Å². The zero-order valence-corrected chi connectivity index (χ0v) is 12.9. The van der Waals surface area contributed by atoms with E-state index in [0.717, 1.165) is 14.8 Å². The molecule has 0 aliphatic heterocycles. The summed E-state index contributed by atoms with van der Waals surface area (Å²) in [5.41, 5.74) is 2.36. The van der Waals surface area contributed by atoms with Gasteiger partial charge in [0.25, 0.3) is 0 Å². The molecule has 0 aliphatic carbocycles. The Kier molecular flexibility index (Phi) is 4.79. The summed E-state index contributed by atoms with van der Waals surface area (Å²) in [7, 11) is 1.54. The van der Waals surface area contributed by atoms with Crippen LogP contribution < -0.4 is 10.1 Å². The van der Waals surface area contributed by atoms with E-state index in [1.165, 1.54) is 19.2 Å². The summed E-state index contributed by atoms with van der Waals surface area (Å²) in [5, 5.41) is 12.2. The molecule has 0 unspecified atom stereocenters. The van der Waals surface area contributed by atoms with Crippen LogP contribution in [0.5, 0.6) is 5.75 Å². The fourth-order valence-corrected chi connectivity index (χ4v) is 2.44. The highest BCUT2D eigenvalue weighted by Crippen LogP contribution is 2.22. The summed E-state index contributed by atoms with van der Waals surface area (Å²) in [4.78, 5) is 0. The molecule has 0 saturated carbocycles. The largest absolute Gasteiger partial charge is 0.495 e. The van der Waals surface area contributed by atoms with E-state index in [-0.39, 0.29) is 5.82 Å². The lowest BCUT2D eigenvalue weighted by molar-refractivity contribution is 0.413. The first-order chi connectivity index (χ1) is 9.63. The van der Waals surface area contributed by atoms with Crippen molar-refractivity contribution in [1.29, 1.82) is 5.26 Å². The molecule has 0 spiro atoms. The highest BCUT2D eigenvalue weighted by molar-refractivity contribution is 14.1. The normalized spacial score (nSPS) is 9.90. The van der Waals surface area contributed by atoms with Gasteiger partial charge in [0.15, 0.2) is 0 Å². The second-order valence-electron chi connectivity index (χ2n) is 4.12. The number of ether oxygens (including phenoxy) is 1. The number of methoxy groups -OCH3 is 1. The van der Waals surface area contributed by atoms with Crippen LogP contribution in [0.1, 0.15) is 11.1 Å². The Morgan fingerprint density at radius 2 is 2.10 bits per heavy atom. The molecule has 0 heterocycles. The molecular weight excluding hydrogens is 370 g/mol. The third kappa shape index (κ3) is 3.39. The molecule has 3 nitrogen and oxygen atoms in total. The van der Waals surface area contributed by atoms with Crippen LogP contribution in [0.25, 0.3) is 0 Å². The molecule has 0 radical (unpaired) electrons. The van der Waals surface area contributed by atoms with Gasteiger partial charge < -0.3 is 10.1 Å². The topological polar surface area (TPSA) is 45.0 Å². The maximum Gasteiger partial charge on any atom is 0.136 e. The second-order valence-corrected chi connectivity index (χ2v) is 5.29. The first-order valence-electron chi connectivity index (χ1n) is 5.90. The molecule has 0 atom stereocenters. The summed E-state index contributed by atoms with van der Waals surface area (Å²) in [6, 6.07) is 12.1. The van der Waals surface area contributed by atoms with Crippen molar-refractivity contribution in [3.05, 3.63) is 56.9 Å².